The van der Waals surface area contributed by atoms with Crippen molar-refractivity contribution in [2.75, 3.05) is 27.4 Å². The number of rotatable bonds is 6. The van der Waals surface area contributed by atoms with Crippen LogP contribution in [0.15, 0.2) is 23.1 Å². The van der Waals surface area contributed by atoms with Gasteiger partial charge in [0.05, 0.1) is 25.7 Å². The van der Waals surface area contributed by atoms with Crippen molar-refractivity contribution in [3.8, 4) is 23.8 Å². The Morgan fingerprint density at radius 1 is 1.32 bits per heavy atom. The normalized spacial score (nSPS) is 15.2. The van der Waals surface area contributed by atoms with E-state index in [9.17, 15) is 14.4 Å². The van der Waals surface area contributed by atoms with Crippen molar-refractivity contribution < 1.29 is 28.6 Å². The summed E-state index contributed by atoms with van der Waals surface area (Å²) < 4.78 is 15.0. The first-order chi connectivity index (χ1) is 12.0. The van der Waals surface area contributed by atoms with E-state index in [0.29, 0.717) is 17.1 Å². The number of amides is 2. The molecule has 0 spiro atoms. The number of ether oxygens (including phenoxy) is 3. The summed E-state index contributed by atoms with van der Waals surface area (Å²) in [5, 5.41) is -0.404. The molecule has 8 heteroatoms. The molecule has 130 valence electrons. The first kappa shape index (κ1) is 18.4. The van der Waals surface area contributed by atoms with Crippen molar-refractivity contribution >= 4 is 35.0 Å². The molecule has 1 aliphatic rings. The van der Waals surface area contributed by atoms with Gasteiger partial charge in [0.2, 0.25) is 0 Å². The molecule has 0 aliphatic carbocycles. The van der Waals surface area contributed by atoms with Gasteiger partial charge in [-0.2, -0.15) is 0 Å². The van der Waals surface area contributed by atoms with Crippen LogP contribution in [0.2, 0.25) is 0 Å². The third-order valence-corrected chi connectivity index (χ3v) is 4.09. The third kappa shape index (κ3) is 4.33. The molecule has 1 heterocycles. The monoisotopic (exact) mass is 361 g/mol. The zero-order valence-electron chi connectivity index (χ0n) is 13.6. The predicted octanol–water partition coefficient (Wildman–Crippen LogP) is 1.92. The highest BCUT2D eigenvalue weighted by molar-refractivity contribution is 8.18. The van der Waals surface area contributed by atoms with E-state index in [1.165, 1.54) is 14.2 Å². The molecule has 0 bridgehead atoms. The van der Waals surface area contributed by atoms with Crippen LogP contribution >= 0.6 is 11.8 Å². The van der Waals surface area contributed by atoms with E-state index in [4.69, 9.17) is 15.9 Å². The van der Waals surface area contributed by atoms with Crippen molar-refractivity contribution in [1.29, 1.82) is 0 Å². The highest BCUT2D eigenvalue weighted by Crippen LogP contribution is 2.34. The highest BCUT2D eigenvalue weighted by Gasteiger charge is 2.34. The topological polar surface area (TPSA) is 82.1 Å². The zero-order valence-corrected chi connectivity index (χ0v) is 14.4. The van der Waals surface area contributed by atoms with E-state index in [2.05, 4.69) is 10.7 Å². The minimum atomic E-state index is -0.520. The molecule has 7 nitrogen and oxygen atoms in total. The number of hydrogen-bond donors (Lipinski definition) is 0. The fourth-order valence-electron chi connectivity index (χ4n) is 1.97. The predicted molar refractivity (Wildman–Crippen MR) is 92.0 cm³/mol. The van der Waals surface area contributed by atoms with E-state index >= 15 is 0 Å². The second kappa shape index (κ2) is 8.26. The van der Waals surface area contributed by atoms with Crippen LogP contribution in [0.3, 0.4) is 0 Å². The number of thioether (sulfide) groups is 1. The van der Waals surface area contributed by atoms with Crippen LogP contribution in [-0.2, 0) is 14.3 Å². The SMILES string of the molecule is C#CCN1C(=O)SC(=Cc2ccc(OCC(=O)OC)c(OC)c2)C1=O. The summed E-state index contributed by atoms with van der Waals surface area (Å²) in [6, 6.07) is 4.89. The van der Waals surface area contributed by atoms with Gasteiger partial charge in [0, 0.05) is 0 Å². The molecule has 0 aromatic heterocycles. The van der Waals surface area contributed by atoms with Gasteiger partial charge in [-0.25, -0.2) is 4.79 Å². The number of imide groups is 1. The first-order valence-corrected chi connectivity index (χ1v) is 7.88. The van der Waals surface area contributed by atoms with Crippen LogP contribution in [-0.4, -0.2) is 49.4 Å². The van der Waals surface area contributed by atoms with Gasteiger partial charge in [0.1, 0.15) is 0 Å². The molecule has 2 rings (SSSR count). The molecule has 0 N–H and O–H groups in total. The van der Waals surface area contributed by atoms with Crippen molar-refractivity contribution in [2.45, 2.75) is 0 Å². The fraction of sp³-hybridized carbons (Fsp3) is 0.235. The summed E-state index contributed by atoms with van der Waals surface area (Å²) in [5.74, 6) is 2.05. The molecule has 0 radical (unpaired) electrons. The van der Waals surface area contributed by atoms with Crippen molar-refractivity contribution in [2.24, 2.45) is 0 Å². The Morgan fingerprint density at radius 3 is 2.72 bits per heavy atom. The van der Waals surface area contributed by atoms with Crippen molar-refractivity contribution in [3.05, 3.63) is 28.7 Å². The summed E-state index contributed by atoms with van der Waals surface area (Å²) in [5.41, 5.74) is 0.633. The molecule has 1 fully saturated rings. The second-order valence-electron chi connectivity index (χ2n) is 4.75. The molecule has 1 aliphatic heterocycles. The summed E-state index contributed by atoms with van der Waals surface area (Å²) in [6.07, 6.45) is 6.72. The number of hydrogen-bond acceptors (Lipinski definition) is 7. The largest absolute Gasteiger partial charge is 0.493 e. The Kier molecular flexibility index (Phi) is 6.08. The van der Waals surface area contributed by atoms with Gasteiger partial charge in [0.15, 0.2) is 18.1 Å². The van der Waals surface area contributed by atoms with Crippen LogP contribution in [0.25, 0.3) is 6.08 Å². The lowest BCUT2D eigenvalue weighted by molar-refractivity contribution is -0.142. The lowest BCUT2D eigenvalue weighted by atomic mass is 10.2. The Bertz CT molecular complexity index is 780. The highest BCUT2D eigenvalue weighted by atomic mass is 32.2. The molecule has 25 heavy (non-hydrogen) atoms. The van der Waals surface area contributed by atoms with Crippen LogP contribution < -0.4 is 9.47 Å². The molecular formula is C17H15NO6S. The maximum atomic E-state index is 12.2. The molecule has 0 unspecified atom stereocenters. The Morgan fingerprint density at radius 2 is 2.08 bits per heavy atom. The number of terminal acetylenes is 1. The van der Waals surface area contributed by atoms with E-state index in [0.717, 1.165) is 16.7 Å². The number of methoxy groups -OCH3 is 2. The second-order valence-corrected chi connectivity index (χ2v) is 5.74. The summed E-state index contributed by atoms with van der Waals surface area (Å²) in [6.45, 7) is -0.317. The van der Waals surface area contributed by atoms with E-state index in [-0.39, 0.29) is 18.1 Å². The van der Waals surface area contributed by atoms with Crippen LogP contribution in [0, 0.1) is 12.3 Å². The third-order valence-electron chi connectivity index (χ3n) is 3.18. The summed E-state index contributed by atoms with van der Waals surface area (Å²) in [4.78, 5) is 36.3. The maximum Gasteiger partial charge on any atom is 0.343 e. The van der Waals surface area contributed by atoms with Gasteiger partial charge < -0.3 is 14.2 Å². The molecule has 0 atom stereocenters. The quantitative estimate of drug-likeness (QED) is 0.435. The Labute approximate surface area is 148 Å². The van der Waals surface area contributed by atoms with E-state index < -0.39 is 17.1 Å². The minimum Gasteiger partial charge on any atom is -0.493 e. The molecular weight excluding hydrogens is 346 g/mol. The van der Waals surface area contributed by atoms with Gasteiger partial charge in [-0.1, -0.05) is 12.0 Å². The van der Waals surface area contributed by atoms with Gasteiger partial charge in [-0.15, -0.1) is 6.42 Å². The van der Waals surface area contributed by atoms with Crippen molar-refractivity contribution in [1.82, 2.24) is 4.90 Å². The van der Waals surface area contributed by atoms with Crippen LogP contribution in [0.1, 0.15) is 5.56 Å². The van der Waals surface area contributed by atoms with E-state index in [1.807, 2.05) is 0 Å². The number of carbonyl (C=O) groups is 3. The summed E-state index contributed by atoms with van der Waals surface area (Å²) in [7, 11) is 2.71. The van der Waals surface area contributed by atoms with Crippen LogP contribution in [0.4, 0.5) is 4.79 Å². The van der Waals surface area contributed by atoms with Gasteiger partial charge in [-0.05, 0) is 35.5 Å². The first-order valence-electron chi connectivity index (χ1n) is 7.06. The number of esters is 1. The molecule has 1 aromatic carbocycles. The fourth-order valence-corrected chi connectivity index (χ4v) is 2.81. The lowest BCUT2D eigenvalue weighted by Gasteiger charge is -2.10. The summed E-state index contributed by atoms with van der Waals surface area (Å²) >= 11 is 0.821. The standard InChI is InChI=1S/C17H15NO6S/c1-4-7-18-16(20)14(25-17(18)21)9-11-5-6-12(13(8-11)22-2)24-10-15(19)23-3/h1,5-6,8-9H,7,10H2,2-3H3. The number of nitrogens with zero attached hydrogens (tertiary/aromatic N) is 1. The average molecular weight is 361 g/mol. The molecule has 1 saturated heterocycles. The molecule has 0 saturated carbocycles. The van der Waals surface area contributed by atoms with Gasteiger partial charge in [-0.3, -0.25) is 14.5 Å². The Balaban J connectivity index is 2.21. The number of carbonyl (C=O) groups excluding carboxylic acids is 3. The molecule has 1 aromatic rings. The zero-order chi connectivity index (χ0) is 18.4. The average Bonchev–Trinajstić information content (AvgIpc) is 2.87. The van der Waals surface area contributed by atoms with Gasteiger partial charge >= 0.3 is 5.97 Å². The van der Waals surface area contributed by atoms with E-state index in [1.54, 1.807) is 24.3 Å². The van der Waals surface area contributed by atoms with Crippen LogP contribution in [0.5, 0.6) is 11.5 Å². The number of benzene rings is 1. The smallest absolute Gasteiger partial charge is 0.343 e. The minimum absolute atomic E-state index is 0.0639. The lowest BCUT2D eigenvalue weighted by Crippen LogP contribution is -2.28. The van der Waals surface area contributed by atoms with Crippen molar-refractivity contribution in [3.63, 3.8) is 0 Å². The Hall–Kier alpha value is -2.92. The maximum absolute atomic E-state index is 12.2. The molecule has 2 amide bonds. The van der Waals surface area contributed by atoms with Gasteiger partial charge in [0.25, 0.3) is 11.1 Å².